The summed E-state index contributed by atoms with van der Waals surface area (Å²) in [5.41, 5.74) is 8.43. The molecule has 0 bridgehead atoms. The van der Waals surface area contributed by atoms with Gasteiger partial charge in [-0.15, -0.1) is 0 Å². The van der Waals surface area contributed by atoms with Gasteiger partial charge >= 0.3 is 0 Å². The number of nitriles is 2. The molecule has 0 amide bonds. The molecule has 2 aromatic heterocycles. The molecule has 3 rings (SSSR count). The number of nitrogens with two attached hydrogens (primary N) is 1. The Morgan fingerprint density at radius 3 is 2.68 bits per heavy atom. The van der Waals surface area contributed by atoms with Crippen LogP contribution in [0.4, 0.5) is 22.5 Å². The average molecular weight is 350 g/mol. The smallest absolute Gasteiger partial charge is 0.189 e. The monoisotopic (exact) mass is 350 g/mol. The molecule has 124 valence electrons. The van der Waals surface area contributed by atoms with Gasteiger partial charge in [-0.25, -0.2) is 15.0 Å². The number of anilines is 4. The van der Waals surface area contributed by atoms with Crippen LogP contribution in [0.5, 0.6) is 0 Å². The molecule has 2 heterocycles. The maximum Gasteiger partial charge on any atom is 0.189 e. The maximum atomic E-state index is 8.92. The van der Waals surface area contributed by atoms with Gasteiger partial charge in [0.25, 0.3) is 0 Å². The minimum absolute atomic E-state index is 0.00848. The minimum Gasteiger partial charge on any atom is -0.393 e. The lowest BCUT2D eigenvalue weighted by Gasteiger charge is -2.19. The summed E-state index contributed by atoms with van der Waals surface area (Å²) >= 11 is 1.49. The highest BCUT2D eigenvalue weighted by atomic mass is 32.1. The number of hydrogen-bond acceptors (Lipinski definition) is 9. The van der Waals surface area contributed by atoms with Crippen LogP contribution < -0.4 is 16.0 Å². The Labute approximate surface area is 148 Å². The molecule has 3 N–H and O–H groups in total. The third kappa shape index (κ3) is 3.27. The van der Waals surface area contributed by atoms with Crippen LogP contribution in [-0.2, 0) is 0 Å². The van der Waals surface area contributed by atoms with Crippen molar-refractivity contribution >= 4 is 44.0 Å². The van der Waals surface area contributed by atoms with Gasteiger partial charge in [0, 0.05) is 0 Å². The Balaban J connectivity index is 1.95. The molecule has 0 radical (unpaired) electrons. The second-order valence-corrected chi connectivity index (χ2v) is 6.23. The van der Waals surface area contributed by atoms with E-state index in [9.17, 15) is 0 Å². The highest BCUT2D eigenvalue weighted by molar-refractivity contribution is 7.22. The van der Waals surface area contributed by atoms with E-state index in [-0.39, 0.29) is 18.8 Å². The lowest BCUT2D eigenvalue weighted by Crippen LogP contribution is -2.26. The number of fused-ring (bicyclic) bond motifs is 1. The van der Waals surface area contributed by atoms with Crippen molar-refractivity contribution in [3.63, 3.8) is 0 Å². The van der Waals surface area contributed by atoms with Gasteiger partial charge in [-0.2, -0.15) is 10.5 Å². The van der Waals surface area contributed by atoms with Crippen molar-refractivity contribution in [2.45, 2.75) is 6.92 Å². The predicted octanol–water partition coefficient (Wildman–Crippen LogP) is 2.57. The largest absolute Gasteiger partial charge is 0.393 e. The molecule has 0 unspecified atom stereocenters. The van der Waals surface area contributed by atoms with E-state index in [0.717, 1.165) is 15.8 Å². The zero-order valence-corrected chi connectivity index (χ0v) is 14.2. The summed E-state index contributed by atoms with van der Waals surface area (Å²) in [6, 6.07) is 9.99. The summed E-state index contributed by atoms with van der Waals surface area (Å²) in [5.74, 6) is 0.737. The molecule has 8 nitrogen and oxygen atoms in total. The Kier molecular flexibility index (Phi) is 4.59. The molecule has 9 heteroatoms. The van der Waals surface area contributed by atoms with E-state index < -0.39 is 0 Å². The molecule has 0 saturated carbocycles. The fraction of sp³-hybridized carbons (Fsp3) is 0.188. The summed E-state index contributed by atoms with van der Waals surface area (Å²) in [5, 5.41) is 21.6. The number of hydrogen-bond donors (Lipinski definition) is 2. The Morgan fingerprint density at radius 1 is 1.24 bits per heavy atom. The number of rotatable bonds is 5. The topological polar surface area (TPSA) is 128 Å². The first-order valence-electron chi connectivity index (χ1n) is 7.36. The van der Waals surface area contributed by atoms with Crippen molar-refractivity contribution in [3.05, 3.63) is 30.1 Å². The average Bonchev–Trinajstić information content (AvgIpc) is 3.01. The molecular weight excluding hydrogens is 336 g/mol. The molecule has 0 aliphatic rings. The number of para-hydroxylation sites is 1. The first-order chi connectivity index (χ1) is 12.1. The molecule has 1 aromatic carbocycles. The summed E-state index contributed by atoms with van der Waals surface area (Å²) in [7, 11) is 0. The van der Waals surface area contributed by atoms with E-state index in [2.05, 4.69) is 20.3 Å². The van der Waals surface area contributed by atoms with Crippen LogP contribution in [-0.4, -0.2) is 28.0 Å². The minimum atomic E-state index is 0.00848. The van der Waals surface area contributed by atoms with E-state index >= 15 is 0 Å². The van der Waals surface area contributed by atoms with Gasteiger partial charge in [0.2, 0.25) is 0 Å². The van der Waals surface area contributed by atoms with Gasteiger partial charge < -0.3 is 16.0 Å². The first-order valence-corrected chi connectivity index (χ1v) is 8.18. The van der Waals surface area contributed by atoms with Gasteiger partial charge in [-0.3, -0.25) is 0 Å². The van der Waals surface area contributed by atoms with Crippen molar-refractivity contribution in [1.29, 1.82) is 10.5 Å². The molecule has 3 aromatic rings. The lowest BCUT2D eigenvalue weighted by molar-refractivity contribution is 0.929. The number of thiazole rings is 1. The van der Waals surface area contributed by atoms with Crippen LogP contribution in [0.1, 0.15) is 5.56 Å². The predicted molar refractivity (Wildman–Crippen MR) is 97.5 cm³/mol. The van der Waals surface area contributed by atoms with Crippen LogP contribution in [0.15, 0.2) is 24.5 Å². The maximum absolute atomic E-state index is 8.92. The zero-order chi connectivity index (χ0) is 17.8. The lowest BCUT2D eigenvalue weighted by atomic mass is 10.2. The van der Waals surface area contributed by atoms with Crippen molar-refractivity contribution in [3.8, 4) is 12.1 Å². The van der Waals surface area contributed by atoms with Crippen molar-refractivity contribution in [2.24, 2.45) is 0 Å². The standard InChI is InChI=1S/C16H14N8S/c1-10-3-2-4-11-13(10)22-16(25-11)23-14-12(19)15(21-9-20-14)24(7-5-17)8-6-18/h2-4,9H,7-8,19H2,1H3,(H,20,21,22,23). The number of benzene rings is 1. The summed E-state index contributed by atoms with van der Waals surface area (Å²) in [4.78, 5) is 14.3. The molecule has 0 fully saturated rings. The highest BCUT2D eigenvalue weighted by Gasteiger charge is 2.16. The summed E-state index contributed by atoms with van der Waals surface area (Å²) in [6.07, 6.45) is 1.34. The van der Waals surface area contributed by atoms with E-state index in [1.165, 1.54) is 22.6 Å². The number of aryl methyl sites for hydroxylation is 1. The fourth-order valence-electron chi connectivity index (χ4n) is 2.36. The number of nitrogens with zero attached hydrogens (tertiary/aromatic N) is 6. The number of nitrogens with one attached hydrogen (secondary N) is 1. The first kappa shape index (κ1) is 16.4. The quantitative estimate of drug-likeness (QED) is 0.672. The van der Waals surface area contributed by atoms with Gasteiger partial charge in [-0.1, -0.05) is 23.5 Å². The van der Waals surface area contributed by atoms with E-state index in [0.29, 0.717) is 16.8 Å². The molecule has 0 atom stereocenters. The third-order valence-electron chi connectivity index (χ3n) is 3.53. The van der Waals surface area contributed by atoms with Gasteiger partial charge in [0.15, 0.2) is 16.8 Å². The van der Waals surface area contributed by atoms with Crippen molar-refractivity contribution < 1.29 is 0 Å². The van der Waals surface area contributed by atoms with Gasteiger partial charge in [0.05, 0.1) is 22.4 Å². The molecule has 0 spiro atoms. The van der Waals surface area contributed by atoms with Crippen LogP contribution >= 0.6 is 11.3 Å². The number of nitrogen functional groups attached to an aromatic ring is 1. The van der Waals surface area contributed by atoms with E-state index in [1.54, 1.807) is 0 Å². The molecule has 0 aliphatic carbocycles. The Hall–Kier alpha value is -3.43. The molecule has 0 saturated heterocycles. The summed E-state index contributed by atoms with van der Waals surface area (Å²) in [6.45, 7) is 2.02. The Bertz CT molecular complexity index is 982. The van der Waals surface area contributed by atoms with Crippen LogP contribution in [0.2, 0.25) is 0 Å². The second kappa shape index (κ2) is 6.99. The molecule has 25 heavy (non-hydrogen) atoms. The van der Waals surface area contributed by atoms with Crippen LogP contribution in [0.3, 0.4) is 0 Å². The normalized spacial score (nSPS) is 10.2. The highest BCUT2D eigenvalue weighted by Crippen LogP contribution is 2.33. The van der Waals surface area contributed by atoms with Crippen molar-refractivity contribution in [1.82, 2.24) is 15.0 Å². The summed E-state index contributed by atoms with van der Waals surface area (Å²) < 4.78 is 1.06. The van der Waals surface area contributed by atoms with Gasteiger partial charge in [0.1, 0.15) is 25.1 Å². The number of aromatic nitrogens is 3. The zero-order valence-electron chi connectivity index (χ0n) is 13.4. The second-order valence-electron chi connectivity index (χ2n) is 5.20. The third-order valence-corrected chi connectivity index (χ3v) is 4.47. The van der Waals surface area contributed by atoms with E-state index in [4.69, 9.17) is 16.3 Å². The Morgan fingerprint density at radius 2 is 2.00 bits per heavy atom. The fourth-order valence-corrected chi connectivity index (χ4v) is 3.30. The van der Waals surface area contributed by atoms with E-state index in [1.807, 2.05) is 37.3 Å². The molecule has 0 aliphatic heterocycles. The van der Waals surface area contributed by atoms with Crippen LogP contribution in [0, 0.1) is 29.6 Å². The van der Waals surface area contributed by atoms with Gasteiger partial charge in [-0.05, 0) is 18.6 Å². The SMILES string of the molecule is Cc1cccc2sc(Nc3ncnc(N(CC#N)CC#N)c3N)nc12. The van der Waals surface area contributed by atoms with Crippen LogP contribution in [0.25, 0.3) is 10.2 Å². The van der Waals surface area contributed by atoms with Crippen molar-refractivity contribution in [2.75, 3.05) is 29.0 Å². The molecular formula is C16H14N8S.